The number of carbonyl (C=O) groups excluding carboxylic acids is 2. The van der Waals surface area contributed by atoms with E-state index in [4.69, 9.17) is 11.6 Å². The Morgan fingerprint density at radius 1 is 1.26 bits per heavy atom. The van der Waals surface area contributed by atoms with Crippen LogP contribution in [0.4, 0.5) is 15.0 Å². The molecule has 0 spiro atoms. The number of hydrogen-bond acceptors (Lipinski definition) is 8. The van der Waals surface area contributed by atoms with Gasteiger partial charge in [0.2, 0.25) is 5.91 Å². The van der Waals surface area contributed by atoms with E-state index in [0.29, 0.717) is 47.9 Å². The number of methoxy groups -OCH3 is 1. The van der Waals surface area contributed by atoms with Crippen LogP contribution in [-0.2, 0) is 9.53 Å². The lowest BCUT2D eigenvalue weighted by atomic mass is 9.92. The van der Waals surface area contributed by atoms with E-state index in [1.165, 1.54) is 30.3 Å². The van der Waals surface area contributed by atoms with Gasteiger partial charge < -0.3 is 14.6 Å². The van der Waals surface area contributed by atoms with Crippen LogP contribution in [0.2, 0.25) is 5.02 Å². The molecule has 39 heavy (non-hydrogen) atoms. The zero-order valence-electron chi connectivity index (χ0n) is 20.5. The number of carbonyl (C=O) groups is 2. The molecule has 2 N–H and O–H groups in total. The molecule has 0 aliphatic carbocycles. The lowest BCUT2D eigenvalue weighted by Crippen LogP contribution is -2.39. The molecule has 0 radical (unpaired) electrons. The molecule has 2 aliphatic rings. The monoisotopic (exact) mass is 549 g/mol. The predicted octanol–water partition coefficient (Wildman–Crippen LogP) is 3.94. The fraction of sp³-hybridized carbons (Fsp3) is 0.240. The molecule has 2 atom stereocenters. The van der Waals surface area contributed by atoms with Crippen LogP contribution in [0.25, 0.3) is 22.5 Å². The second-order valence-corrected chi connectivity index (χ2v) is 9.51. The first-order chi connectivity index (χ1) is 18.9. The van der Waals surface area contributed by atoms with Gasteiger partial charge in [-0.1, -0.05) is 11.6 Å². The first-order valence-corrected chi connectivity index (χ1v) is 12.4. The number of amides is 2. The van der Waals surface area contributed by atoms with Crippen LogP contribution >= 0.6 is 11.6 Å². The fourth-order valence-corrected chi connectivity index (χ4v) is 5.34. The molecule has 198 valence electrons. The first kappa shape index (κ1) is 24.7. The van der Waals surface area contributed by atoms with E-state index >= 15 is 4.39 Å². The number of nitrogens with zero attached hydrogens (tertiary/aromatic N) is 7. The Morgan fingerprint density at radius 2 is 2.13 bits per heavy atom. The van der Waals surface area contributed by atoms with Crippen LogP contribution in [0.15, 0.2) is 49.1 Å². The SMILES string of the molecule is COC(=O)Nc1cc(-c2cnc([C@@H]3CC[C@@H]4CC(c5c(-n6cnnn6)ccc(Cl)c5F)=CC(=O)N43)[nH]2)ccn1. The van der Waals surface area contributed by atoms with Crippen LogP contribution in [0.1, 0.15) is 36.7 Å². The van der Waals surface area contributed by atoms with E-state index in [9.17, 15) is 9.59 Å². The largest absolute Gasteiger partial charge is 0.453 e. The minimum Gasteiger partial charge on any atom is -0.453 e. The number of rotatable bonds is 5. The summed E-state index contributed by atoms with van der Waals surface area (Å²) < 4.78 is 21.3. The van der Waals surface area contributed by atoms with Crippen LogP contribution < -0.4 is 5.32 Å². The predicted molar refractivity (Wildman–Crippen MR) is 137 cm³/mol. The Bertz CT molecular complexity index is 1600. The number of imidazole rings is 1. The number of H-pyrrole nitrogens is 1. The molecule has 1 fully saturated rings. The van der Waals surface area contributed by atoms with Crippen LogP contribution in [0, 0.1) is 5.82 Å². The molecule has 0 bridgehead atoms. The molecule has 5 heterocycles. The van der Waals surface area contributed by atoms with Crippen molar-refractivity contribution in [3.63, 3.8) is 0 Å². The van der Waals surface area contributed by atoms with E-state index in [2.05, 4.69) is 40.5 Å². The summed E-state index contributed by atoms with van der Waals surface area (Å²) in [6.07, 6.45) is 7.27. The highest BCUT2D eigenvalue weighted by molar-refractivity contribution is 6.31. The lowest BCUT2D eigenvalue weighted by molar-refractivity contribution is -0.129. The minimum absolute atomic E-state index is 0.0499. The van der Waals surface area contributed by atoms with Gasteiger partial charge in [0, 0.05) is 29.4 Å². The van der Waals surface area contributed by atoms with Gasteiger partial charge >= 0.3 is 6.09 Å². The van der Waals surface area contributed by atoms with Gasteiger partial charge in [0.25, 0.3) is 0 Å². The minimum atomic E-state index is -0.624. The van der Waals surface area contributed by atoms with Crippen LogP contribution in [-0.4, -0.2) is 65.2 Å². The van der Waals surface area contributed by atoms with Crippen molar-refractivity contribution < 1.29 is 18.7 Å². The number of aromatic nitrogens is 7. The number of ether oxygens (including phenoxy) is 1. The molecule has 14 heteroatoms. The van der Waals surface area contributed by atoms with E-state index in [1.54, 1.807) is 35.5 Å². The number of tetrazole rings is 1. The van der Waals surface area contributed by atoms with Crippen molar-refractivity contribution >= 4 is 35.0 Å². The van der Waals surface area contributed by atoms with E-state index in [-0.39, 0.29) is 28.6 Å². The zero-order valence-corrected chi connectivity index (χ0v) is 21.3. The molecule has 2 amide bonds. The van der Waals surface area contributed by atoms with Gasteiger partial charge in [-0.15, -0.1) is 5.10 Å². The van der Waals surface area contributed by atoms with Gasteiger partial charge in [-0.25, -0.2) is 19.2 Å². The average Bonchev–Trinajstić information content (AvgIpc) is 3.71. The maximum Gasteiger partial charge on any atom is 0.412 e. The standard InChI is InChI=1S/C25H21ClFN9O3/c1-39-25(38)32-20-9-13(6-7-28-20)17-11-29-24(31-17)19-4-2-15-8-14(10-21(37)36(15)19)22-18(35-12-30-33-34-35)5-3-16(26)23(22)27/h3,5-7,9-12,15,19H,2,4,8H2,1H3,(H,29,31)(H,28,32,38)/t15-,19+/m1/s1. The van der Waals surface area contributed by atoms with Crippen molar-refractivity contribution in [2.24, 2.45) is 0 Å². The average molecular weight is 550 g/mol. The second kappa shape index (κ2) is 9.91. The summed E-state index contributed by atoms with van der Waals surface area (Å²) in [6, 6.07) is 6.11. The summed E-state index contributed by atoms with van der Waals surface area (Å²) in [6.45, 7) is 0. The lowest BCUT2D eigenvalue weighted by Gasteiger charge is -2.33. The van der Waals surface area contributed by atoms with Gasteiger partial charge in [-0.2, -0.15) is 4.68 Å². The number of nitrogens with one attached hydrogen (secondary N) is 2. The third kappa shape index (κ3) is 4.50. The Morgan fingerprint density at radius 3 is 2.92 bits per heavy atom. The fourth-order valence-electron chi connectivity index (χ4n) is 5.18. The normalized spacial score (nSPS) is 18.6. The van der Waals surface area contributed by atoms with Gasteiger partial charge in [-0.05, 0) is 59.5 Å². The molecular weight excluding hydrogens is 529 g/mol. The molecule has 12 nitrogen and oxygen atoms in total. The van der Waals surface area contributed by atoms with Crippen molar-refractivity contribution in [2.75, 3.05) is 12.4 Å². The maximum atomic E-state index is 15.3. The maximum absolute atomic E-state index is 15.3. The van der Waals surface area contributed by atoms with E-state index in [0.717, 1.165) is 5.56 Å². The Balaban J connectivity index is 1.28. The molecule has 0 saturated carbocycles. The van der Waals surface area contributed by atoms with Crippen LogP contribution in [0.3, 0.4) is 0 Å². The first-order valence-electron chi connectivity index (χ1n) is 12.0. The van der Waals surface area contributed by atoms with Crippen molar-refractivity contribution in [3.05, 3.63) is 71.3 Å². The van der Waals surface area contributed by atoms with Gasteiger partial charge in [0.1, 0.15) is 18.0 Å². The topological polar surface area (TPSA) is 144 Å². The highest BCUT2D eigenvalue weighted by Crippen LogP contribution is 2.44. The van der Waals surface area contributed by atoms with Crippen molar-refractivity contribution in [1.29, 1.82) is 0 Å². The number of anilines is 1. The summed E-state index contributed by atoms with van der Waals surface area (Å²) in [5.74, 6) is 0.105. The van der Waals surface area contributed by atoms with E-state index < -0.39 is 11.9 Å². The number of halogens is 2. The van der Waals surface area contributed by atoms with Gasteiger partial charge in [0.15, 0.2) is 5.82 Å². The van der Waals surface area contributed by atoms with Gasteiger partial charge in [-0.3, -0.25) is 10.1 Å². The third-order valence-electron chi connectivity index (χ3n) is 6.90. The van der Waals surface area contributed by atoms with Crippen LogP contribution in [0.5, 0.6) is 0 Å². The molecule has 0 unspecified atom stereocenters. The molecule has 1 aromatic carbocycles. The van der Waals surface area contributed by atoms with E-state index in [1.807, 2.05) is 0 Å². The summed E-state index contributed by atoms with van der Waals surface area (Å²) in [7, 11) is 1.27. The second-order valence-electron chi connectivity index (χ2n) is 9.10. The summed E-state index contributed by atoms with van der Waals surface area (Å²) >= 11 is 6.11. The zero-order chi connectivity index (χ0) is 27.1. The highest BCUT2D eigenvalue weighted by Gasteiger charge is 2.42. The number of pyridine rings is 1. The molecule has 4 aromatic rings. The van der Waals surface area contributed by atoms with Gasteiger partial charge in [0.05, 0.1) is 35.8 Å². The molecule has 6 rings (SSSR count). The Hall–Kier alpha value is -4.65. The number of aromatic amines is 1. The van der Waals surface area contributed by atoms with Crippen molar-refractivity contribution in [2.45, 2.75) is 31.3 Å². The highest BCUT2D eigenvalue weighted by atomic mass is 35.5. The van der Waals surface area contributed by atoms with Crippen molar-refractivity contribution in [3.8, 4) is 16.9 Å². The number of fused-ring (bicyclic) bond motifs is 1. The molecule has 2 aliphatic heterocycles. The molecular formula is C25H21ClFN9O3. The smallest absolute Gasteiger partial charge is 0.412 e. The number of hydrogen-bond donors (Lipinski definition) is 2. The quantitative estimate of drug-likeness (QED) is 0.381. The third-order valence-corrected chi connectivity index (χ3v) is 7.19. The Kier molecular flexibility index (Phi) is 6.27. The van der Waals surface area contributed by atoms with Crippen molar-refractivity contribution in [1.82, 2.24) is 40.1 Å². The summed E-state index contributed by atoms with van der Waals surface area (Å²) in [5, 5.41) is 13.6. The summed E-state index contributed by atoms with van der Waals surface area (Å²) in [5.41, 5.74) is 2.61. The summed E-state index contributed by atoms with van der Waals surface area (Å²) in [4.78, 5) is 38.7. The molecule has 3 aromatic heterocycles. The number of benzene rings is 1. The molecule has 1 saturated heterocycles. The Labute approximate surface area is 225 Å².